The van der Waals surface area contributed by atoms with E-state index in [1.165, 1.54) is 0 Å². The van der Waals surface area contributed by atoms with Crippen molar-refractivity contribution >= 4 is 5.91 Å². The Morgan fingerprint density at radius 3 is 2.83 bits per heavy atom. The zero-order valence-corrected chi connectivity index (χ0v) is 7.54. The molecule has 0 saturated carbocycles. The van der Waals surface area contributed by atoms with Gasteiger partial charge in [-0.2, -0.15) is 0 Å². The summed E-state index contributed by atoms with van der Waals surface area (Å²) in [6.07, 6.45) is 0. The summed E-state index contributed by atoms with van der Waals surface area (Å²) in [7, 11) is 0. The first-order valence-electron chi connectivity index (χ1n) is 4.07. The van der Waals surface area contributed by atoms with E-state index in [-0.39, 0.29) is 11.4 Å². The zero-order chi connectivity index (χ0) is 9.19. The van der Waals surface area contributed by atoms with Crippen LogP contribution >= 0.6 is 0 Å². The number of nitrogens with zero attached hydrogens (tertiary/aromatic N) is 1. The summed E-state index contributed by atoms with van der Waals surface area (Å²) in [4.78, 5) is 12.9. The van der Waals surface area contributed by atoms with Crippen molar-refractivity contribution in [2.24, 2.45) is 0 Å². The Labute approximate surface area is 72.1 Å². The molecule has 0 aromatic rings. The molecule has 4 heteroatoms. The molecule has 1 aliphatic heterocycles. The van der Waals surface area contributed by atoms with E-state index in [1.807, 2.05) is 13.8 Å². The molecule has 0 spiro atoms. The van der Waals surface area contributed by atoms with Gasteiger partial charge in [0.05, 0.1) is 18.8 Å². The highest BCUT2D eigenvalue weighted by molar-refractivity contribution is 5.78. The van der Waals surface area contributed by atoms with Gasteiger partial charge in [0.1, 0.15) is 6.61 Å². The number of carbonyl (C=O) groups is 1. The molecule has 0 aromatic heterocycles. The fourth-order valence-corrected chi connectivity index (χ4v) is 1.41. The third kappa shape index (κ3) is 1.76. The van der Waals surface area contributed by atoms with Gasteiger partial charge in [0.2, 0.25) is 5.91 Å². The van der Waals surface area contributed by atoms with Crippen molar-refractivity contribution in [1.29, 1.82) is 0 Å². The Hall–Kier alpha value is -0.610. The Morgan fingerprint density at radius 1 is 1.67 bits per heavy atom. The normalized spacial score (nSPS) is 22.4. The fourth-order valence-electron chi connectivity index (χ4n) is 1.41. The van der Waals surface area contributed by atoms with Gasteiger partial charge in [-0.25, -0.2) is 0 Å². The molecule has 1 aliphatic rings. The quantitative estimate of drug-likeness (QED) is 0.588. The van der Waals surface area contributed by atoms with E-state index in [9.17, 15) is 4.79 Å². The van der Waals surface area contributed by atoms with Gasteiger partial charge in [0, 0.05) is 6.54 Å². The summed E-state index contributed by atoms with van der Waals surface area (Å²) < 4.78 is 5.23. The molecule has 0 aliphatic carbocycles. The SMILES string of the molecule is CC1(C)COCCN1C(=O)CO. The first-order valence-corrected chi connectivity index (χ1v) is 4.07. The molecule has 0 atom stereocenters. The van der Waals surface area contributed by atoms with Gasteiger partial charge in [-0.3, -0.25) is 4.79 Å². The fraction of sp³-hybridized carbons (Fsp3) is 0.875. The summed E-state index contributed by atoms with van der Waals surface area (Å²) >= 11 is 0. The number of rotatable bonds is 1. The van der Waals surface area contributed by atoms with Crippen LogP contribution in [-0.4, -0.2) is 47.8 Å². The molecule has 4 nitrogen and oxygen atoms in total. The average molecular weight is 173 g/mol. The van der Waals surface area contributed by atoms with Crippen molar-refractivity contribution in [3.05, 3.63) is 0 Å². The molecule has 0 bridgehead atoms. The second-order valence-corrected chi connectivity index (χ2v) is 3.57. The summed E-state index contributed by atoms with van der Waals surface area (Å²) in [5.41, 5.74) is -0.280. The van der Waals surface area contributed by atoms with Gasteiger partial charge in [0.25, 0.3) is 0 Å². The summed E-state index contributed by atoms with van der Waals surface area (Å²) in [5.74, 6) is -0.219. The number of ether oxygens (including phenoxy) is 1. The Balaban J connectivity index is 2.66. The van der Waals surface area contributed by atoms with Crippen LogP contribution in [0.2, 0.25) is 0 Å². The Bertz CT molecular complexity index is 179. The predicted octanol–water partition coefficient (Wildman–Crippen LogP) is -0.384. The van der Waals surface area contributed by atoms with Gasteiger partial charge >= 0.3 is 0 Å². The lowest BCUT2D eigenvalue weighted by Gasteiger charge is -2.41. The maximum absolute atomic E-state index is 11.2. The molecule has 1 amide bonds. The minimum absolute atomic E-state index is 0.219. The third-order valence-corrected chi connectivity index (χ3v) is 2.08. The van der Waals surface area contributed by atoms with Crippen molar-refractivity contribution in [2.45, 2.75) is 19.4 Å². The minimum atomic E-state index is -0.413. The molecule has 1 rings (SSSR count). The van der Waals surface area contributed by atoms with Crippen LogP contribution in [0.25, 0.3) is 0 Å². The standard InChI is InChI=1S/C8H15NO3/c1-8(2)6-12-4-3-9(8)7(11)5-10/h10H,3-6H2,1-2H3. The molecule has 0 radical (unpaired) electrons. The predicted molar refractivity (Wildman–Crippen MR) is 43.7 cm³/mol. The molecular formula is C8H15NO3. The third-order valence-electron chi connectivity index (χ3n) is 2.08. The van der Waals surface area contributed by atoms with E-state index in [0.717, 1.165) is 0 Å². The first kappa shape index (κ1) is 9.48. The van der Waals surface area contributed by atoms with Crippen LogP contribution in [0.1, 0.15) is 13.8 Å². The van der Waals surface area contributed by atoms with E-state index < -0.39 is 6.61 Å². The van der Waals surface area contributed by atoms with Gasteiger partial charge < -0.3 is 14.7 Å². The molecule has 1 fully saturated rings. The highest BCUT2D eigenvalue weighted by Crippen LogP contribution is 2.18. The smallest absolute Gasteiger partial charge is 0.248 e. The average Bonchev–Trinajstić information content (AvgIpc) is 2.02. The lowest BCUT2D eigenvalue weighted by Crippen LogP contribution is -2.56. The van der Waals surface area contributed by atoms with E-state index in [0.29, 0.717) is 19.8 Å². The largest absolute Gasteiger partial charge is 0.387 e. The van der Waals surface area contributed by atoms with Gasteiger partial charge in [-0.15, -0.1) is 0 Å². The summed E-state index contributed by atoms with van der Waals surface area (Å²) in [5, 5.41) is 8.69. The number of aliphatic hydroxyl groups is 1. The Kier molecular flexibility index (Phi) is 2.69. The van der Waals surface area contributed by atoms with Crippen LogP contribution in [-0.2, 0) is 9.53 Å². The van der Waals surface area contributed by atoms with Crippen LogP contribution < -0.4 is 0 Å². The van der Waals surface area contributed by atoms with Crippen molar-refractivity contribution < 1.29 is 14.6 Å². The number of hydrogen-bond donors (Lipinski definition) is 1. The first-order chi connectivity index (χ1) is 5.58. The number of amides is 1. The van der Waals surface area contributed by atoms with Crippen LogP contribution in [0.3, 0.4) is 0 Å². The maximum atomic E-state index is 11.2. The topological polar surface area (TPSA) is 49.8 Å². The van der Waals surface area contributed by atoms with Crippen LogP contribution in [0.5, 0.6) is 0 Å². The van der Waals surface area contributed by atoms with Gasteiger partial charge in [0.15, 0.2) is 0 Å². The van der Waals surface area contributed by atoms with Crippen LogP contribution in [0.15, 0.2) is 0 Å². The van der Waals surface area contributed by atoms with E-state index in [4.69, 9.17) is 9.84 Å². The van der Waals surface area contributed by atoms with Gasteiger partial charge in [-0.05, 0) is 13.8 Å². The number of morpholine rings is 1. The summed E-state index contributed by atoms with van der Waals surface area (Å²) in [6.45, 7) is 5.13. The Morgan fingerprint density at radius 2 is 2.33 bits per heavy atom. The minimum Gasteiger partial charge on any atom is -0.387 e. The van der Waals surface area contributed by atoms with Crippen molar-refractivity contribution in [3.63, 3.8) is 0 Å². The van der Waals surface area contributed by atoms with Crippen molar-refractivity contribution in [1.82, 2.24) is 4.90 Å². The molecule has 12 heavy (non-hydrogen) atoms. The number of aliphatic hydroxyl groups excluding tert-OH is 1. The lowest BCUT2D eigenvalue weighted by molar-refractivity contribution is -0.149. The molecule has 1 N–H and O–H groups in total. The van der Waals surface area contributed by atoms with Crippen molar-refractivity contribution in [2.75, 3.05) is 26.4 Å². The number of hydrogen-bond acceptors (Lipinski definition) is 3. The van der Waals surface area contributed by atoms with E-state index in [2.05, 4.69) is 0 Å². The zero-order valence-electron chi connectivity index (χ0n) is 7.54. The second-order valence-electron chi connectivity index (χ2n) is 3.57. The monoisotopic (exact) mass is 173 g/mol. The summed E-state index contributed by atoms with van der Waals surface area (Å²) in [6, 6.07) is 0. The number of carbonyl (C=O) groups excluding carboxylic acids is 1. The molecular weight excluding hydrogens is 158 g/mol. The molecule has 70 valence electrons. The molecule has 1 saturated heterocycles. The van der Waals surface area contributed by atoms with Gasteiger partial charge in [-0.1, -0.05) is 0 Å². The highest BCUT2D eigenvalue weighted by Gasteiger charge is 2.33. The van der Waals surface area contributed by atoms with Crippen LogP contribution in [0.4, 0.5) is 0 Å². The van der Waals surface area contributed by atoms with Crippen LogP contribution in [0, 0.1) is 0 Å². The highest BCUT2D eigenvalue weighted by atomic mass is 16.5. The molecule has 0 aromatic carbocycles. The molecule has 1 heterocycles. The molecule has 0 unspecified atom stereocenters. The van der Waals surface area contributed by atoms with E-state index in [1.54, 1.807) is 4.90 Å². The second kappa shape index (κ2) is 3.41. The maximum Gasteiger partial charge on any atom is 0.248 e. The van der Waals surface area contributed by atoms with Crippen molar-refractivity contribution in [3.8, 4) is 0 Å². The van der Waals surface area contributed by atoms with E-state index >= 15 is 0 Å². The lowest BCUT2D eigenvalue weighted by atomic mass is 10.0.